The highest BCUT2D eigenvalue weighted by Gasteiger charge is 2.48. The van der Waals surface area contributed by atoms with Crippen LogP contribution in [0.1, 0.15) is 219 Å². The maximum Gasteiger partial charge on any atom is 0.397 e. The van der Waals surface area contributed by atoms with Gasteiger partial charge in [-0.3, -0.25) is 9.35 Å². The van der Waals surface area contributed by atoms with Crippen LogP contribution in [0, 0.1) is 0 Å². The summed E-state index contributed by atoms with van der Waals surface area (Å²) in [6.07, 6.45) is 32.5. The molecular weight excluding hydrogens is 775 g/mol. The van der Waals surface area contributed by atoms with E-state index in [-0.39, 0.29) is 18.9 Å². The van der Waals surface area contributed by atoms with Crippen LogP contribution in [0.3, 0.4) is 0 Å². The molecule has 0 aliphatic carbocycles. The van der Waals surface area contributed by atoms with Gasteiger partial charge in [0.15, 0.2) is 6.29 Å². The minimum atomic E-state index is -5.08. The molecule has 0 bridgehead atoms. The topological polar surface area (TPSA) is 192 Å². The number of hydrogen-bond acceptors (Lipinski definition) is 10. The first-order chi connectivity index (χ1) is 28.5. The van der Waals surface area contributed by atoms with E-state index in [0.29, 0.717) is 6.42 Å². The van der Waals surface area contributed by atoms with E-state index >= 15 is 0 Å². The first-order valence-corrected chi connectivity index (χ1v) is 25.4. The zero-order chi connectivity index (χ0) is 43.4. The van der Waals surface area contributed by atoms with Gasteiger partial charge in [-0.25, -0.2) is 4.18 Å². The van der Waals surface area contributed by atoms with Gasteiger partial charge in [-0.15, -0.1) is 0 Å². The Bertz CT molecular complexity index is 1110. The van der Waals surface area contributed by atoms with Crippen molar-refractivity contribution >= 4 is 16.3 Å². The molecule has 1 rings (SSSR count). The summed E-state index contributed by atoms with van der Waals surface area (Å²) >= 11 is 0. The number of unbranched alkanes of at least 4 members (excludes halogenated alkanes) is 29. The van der Waals surface area contributed by atoms with Crippen molar-refractivity contribution in [2.24, 2.45) is 0 Å². The lowest BCUT2D eigenvalue weighted by molar-refractivity contribution is -0.298. The lowest BCUT2D eigenvalue weighted by Crippen LogP contribution is -2.61. The van der Waals surface area contributed by atoms with Gasteiger partial charge < -0.3 is 35.2 Å². The molecule has 7 atom stereocenters. The Morgan fingerprint density at radius 2 is 1.07 bits per heavy atom. The van der Waals surface area contributed by atoms with Gasteiger partial charge in [0.2, 0.25) is 5.91 Å². The van der Waals surface area contributed by atoms with Crippen molar-refractivity contribution < 1.29 is 51.8 Å². The van der Waals surface area contributed by atoms with E-state index < -0.39 is 59.9 Å². The second-order valence-electron chi connectivity index (χ2n) is 17.1. The van der Waals surface area contributed by atoms with Gasteiger partial charge >= 0.3 is 10.4 Å². The number of rotatable bonds is 41. The van der Waals surface area contributed by atoms with Crippen molar-refractivity contribution in [1.82, 2.24) is 5.32 Å². The predicted molar refractivity (Wildman–Crippen MR) is 236 cm³/mol. The smallest absolute Gasteiger partial charge is 0.394 e. The summed E-state index contributed by atoms with van der Waals surface area (Å²) < 4.78 is 47.6. The Morgan fingerprint density at radius 3 is 1.47 bits per heavy atom. The van der Waals surface area contributed by atoms with E-state index in [1.807, 2.05) is 6.08 Å². The predicted octanol–water partition coefficient (Wildman–Crippen LogP) is 9.55. The van der Waals surface area contributed by atoms with Crippen LogP contribution in [0.5, 0.6) is 0 Å². The molecular formula is C46H89NO11S. The van der Waals surface area contributed by atoms with E-state index in [4.69, 9.17) is 9.47 Å². The lowest BCUT2D eigenvalue weighted by Gasteiger charge is -2.41. The fraction of sp³-hybridized carbons (Fsp3) is 0.935. The Balaban J connectivity index is 2.48. The molecule has 1 aliphatic rings. The van der Waals surface area contributed by atoms with Crippen molar-refractivity contribution in [3.8, 4) is 0 Å². The van der Waals surface area contributed by atoms with Crippen molar-refractivity contribution in [2.45, 2.75) is 262 Å². The van der Waals surface area contributed by atoms with Crippen molar-refractivity contribution in [3.63, 3.8) is 0 Å². The molecule has 350 valence electrons. The van der Waals surface area contributed by atoms with Crippen LogP contribution in [0.25, 0.3) is 0 Å². The van der Waals surface area contributed by atoms with Gasteiger partial charge in [0.05, 0.1) is 25.4 Å². The standard InChI is InChI=1S/C46H89NO11S/c1-3-5-7-9-11-13-15-17-18-19-20-21-22-23-24-25-27-29-31-33-35-40(49)39(47-42(50)36-34-32-30-28-26-16-14-12-10-8-6-4-2)38-56-46-44(52)45(58-59(53,54)55)43(51)41(37-48)57-46/h33,35,39-41,43-46,48-49,51-52H,3-32,34,36-38H2,1-2H3,(H,47,50)(H,53,54,55)/b35-33+. The number of ether oxygens (including phenoxy) is 2. The quantitative estimate of drug-likeness (QED) is 0.0195. The largest absolute Gasteiger partial charge is 0.397 e. The summed E-state index contributed by atoms with van der Waals surface area (Å²) in [7, 11) is -5.08. The summed E-state index contributed by atoms with van der Waals surface area (Å²) in [4.78, 5) is 13.0. The number of nitrogens with one attached hydrogen (secondary N) is 1. The zero-order valence-corrected chi connectivity index (χ0v) is 38.1. The van der Waals surface area contributed by atoms with Gasteiger partial charge in [-0.2, -0.15) is 8.42 Å². The maximum atomic E-state index is 13.0. The first kappa shape index (κ1) is 55.9. The second kappa shape index (κ2) is 37.4. The van der Waals surface area contributed by atoms with Crippen LogP contribution < -0.4 is 5.32 Å². The van der Waals surface area contributed by atoms with Crippen LogP contribution >= 0.6 is 0 Å². The molecule has 0 radical (unpaired) electrons. The highest BCUT2D eigenvalue weighted by Crippen LogP contribution is 2.26. The van der Waals surface area contributed by atoms with E-state index in [1.165, 1.54) is 154 Å². The van der Waals surface area contributed by atoms with E-state index in [0.717, 1.165) is 38.5 Å². The molecule has 12 nitrogen and oxygen atoms in total. The molecule has 0 spiro atoms. The van der Waals surface area contributed by atoms with Gasteiger partial charge in [-0.05, 0) is 19.3 Å². The van der Waals surface area contributed by atoms with Gasteiger partial charge in [0.25, 0.3) is 0 Å². The summed E-state index contributed by atoms with van der Waals surface area (Å²) in [6, 6.07) is -0.937. The van der Waals surface area contributed by atoms with Crippen LogP contribution in [-0.2, 0) is 28.9 Å². The maximum absolute atomic E-state index is 13.0. The summed E-state index contributed by atoms with van der Waals surface area (Å²) in [5.74, 6) is -0.261. The number of allylic oxidation sites excluding steroid dienone is 1. The zero-order valence-electron chi connectivity index (χ0n) is 37.3. The fourth-order valence-electron chi connectivity index (χ4n) is 7.81. The molecule has 0 aromatic carbocycles. The van der Waals surface area contributed by atoms with E-state index in [9.17, 15) is 38.2 Å². The number of amides is 1. The van der Waals surface area contributed by atoms with Crippen LogP contribution in [-0.4, -0.2) is 95.4 Å². The van der Waals surface area contributed by atoms with Crippen molar-refractivity contribution in [1.29, 1.82) is 0 Å². The highest BCUT2D eigenvalue weighted by molar-refractivity contribution is 7.80. The number of aliphatic hydroxyl groups is 4. The summed E-state index contributed by atoms with van der Waals surface area (Å²) in [5.41, 5.74) is 0. The van der Waals surface area contributed by atoms with Crippen LogP contribution in [0.4, 0.5) is 0 Å². The summed E-state index contributed by atoms with van der Waals surface area (Å²) in [5, 5.41) is 44.7. The minimum Gasteiger partial charge on any atom is -0.394 e. The van der Waals surface area contributed by atoms with Gasteiger partial charge in [0.1, 0.15) is 24.4 Å². The third kappa shape index (κ3) is 30.5. The third-order valence-corrected chi connectivity index (χ3v) is 12.0. The molecule has 1 fully saturated rings. The highest BCUT2D eigenvalue weighted by atomic mass is 32.3. The second-order valence-corrected chi connectivity index (χ2v) is 18.1. The molecule has 1 heterocycles. The first-order valence-electron chi connectivity index (χ1n) is 24.1. The molecule has 0 saturated carbocycles. The minimum absolute atomic E-state index is 0.261. The van der Waals surface area contributed by atoms with Crippen molar-refractivity contribution in [2.75, 3.05) is 13.2 Å². The number of carbonyl (C=O) groups is 1. The summed E-state index contributed by atoms with van der Waals surface area (Å²) in [6.45, 7) is 3.39. The molecule has 59 heavy (non-hydrogen) atoms. The van der Waals surface area contributed by atoms with E-state index in [1.54, 1.807) is 6.08 Å². The Morgan fingerprint density at radius 1 is 0.661 bits per heavy atom. The molecule has 7 unspecified atom stereocenters. The molecule has 6 N–H and O–H groups in total. The monoisotopic (exact) mass is 864 g/mol. The average Bonchev–Trinajstić information content (AvgIpc) is 3.20. The Kier molecular flexibility index (Phi) is 35.4. The van der Waals surface area contributed by atoms with Crippen molar-refractivity contribution in [3.05, 3.63) is 12.2 Å². The van der Waals surface area contributed by atoms with E-state index in [2.05, 4.69) is 23.3 Å². The number of hydrogen-bond donors (Lipinski definition) is 6. The molecule has 13 heteroatoms. The lowest BCUT2D eigenvalue weighted by atomic mass is 9.99. The third-order valence-electron chi connectivity index (χ3n) is 11.6. The average molecular weight is 864 g/mol. The molecule has 1 amide bonds. The molecule has 1 saturated heterocycles. The molecule has 0 aromatic rings. The SMILES string of the molecule is CCCCCCCCCCCCCCCCCCCC/C=C/C(O)C(COC1OC(CO)C(O)C(OS(=O)(=O)O)C1O)NC(=O)CCCCCCCCCCCCCC. The molecule has 1 aliphatic heterocycles. The molecule has 0 aromatic heterocycles. The van der Waals surface area contributed by atoms with Crippen LogP contribution in [0.15, 0.2) is 12.2 Å². The van der Waals surface area contributed by atoms with Gasteiger partial charge in [-0.1, -0.05) is 206 Å². The number of carbonyl (C=O) groups excluding carboxylic acids is 1. The Labute approximate surface area is 360 Å². The normalized spacial score (nSPS) is 21.0. The Hall–Kier alpha value is -1.16. The number of aliphatic hydroxyl groups excluding tert-OH is 4. The fourth-order valence-corrected chi connectivity index (χ4v) is 8.32. The van der Waals surface area contributed by atoms with Gasteiger partial charge in [0, 0.05) is 6.42 Å². The van der Waals surface area contributed by atoms with Crippen LogP contribution in [0.2, 0.25) is 0 Å².